The lowest BCUT2D eigenvalue weighted by Gasteiger charge is -2.18. The third-order valence-corrected chi connectivity index (χ3v) is 14.8. The van der Waals surface area contributed by atoms with Gasteiger partial charge in [-0.15, -0.1) is 0 Å². The Morgan fingerprint density at radius 3 is 0.704 bits per heavy atom. The minimum Gasteiger partial charge on any atom is -0.462 e. The van der Waals surface area contributed by atoms with E-state index in [4.69, 9.17) is 14.2 Å². The van der Waals surface area contributed by atoms with Crippen LogP contribution in [0.25, 0.3) is 0 Å². The highest BCUT2D eigenvalue weighted by Gasteiger charge is 2.19. The molecule has 0 aliphatic carbocycles. The molecule has 0 aliphatic heterocycles. The zero-order valence-corrected chi connectivity index (χ0v) is 48.3. The average Bonchev–Trinajstić information content (AvgIpc) is 3.37. The van der Waals surface area contributed by atoms with E-state index in [0.717, 1.165) is 57.8 Å². The second-order valence-corrected chi connectivity index (χ2v) is 22.0. The monoisotopic (exact) mass is 1000 g/mol. The van der Waals surface area contributed by atoms with Crippen LogP contribution in [0.1, 0.15) is 367 Å². The summed E-state index contributed by atoms with van der Waals surface area (Å²) in [5.41, 5.74) is 0. The normalized spacial score (nSPS) is 12.0. The highest BCUT2D eigenvalue weighted by molar-refractivity contribution is 5.71. The van der Waals surface area contributed by atoms with E-state index in [1.165, 1.54) is 270 Å². The van der Waals surface area contributed by atoms with Gasteiger partial charge in [0.15, 0.2) is 6.10 Å². The Morgan fingerprint density at radius 1 is 0.268 bits per heavy atom. The standard InChI is InChI=1S/C65H124O6/c1-4-7-10-13-16-19-21-22-23-24-25-26-27-28-29-30-31-32-33-34-35-36-37-38-39-40-41-42-43-44-45-47-49-52-55-58-64(67)70-61-62(60-69-63(66)57-54-51-48-18-15-12-9-6-3)71-65(68)59-56-53-50-46-20-17-14-11-8-5-2/h24-25,62H,4-23,26-61H2,1-3H3/b25-24-. The molecule has 71 heavy (non-hydrogen) atoms. The molecule has 0 rings (SSSR count). The van der Waals surface area contributed by atoms with Crippen LogP contribution in [0.4, 0.5) is 0 Å². The largest absolute Gasteiger partial charge is 0.462 e. The highest BCUT2D eigenvalue weighted by Crippen LogP contribution is 2.18. The summed E-state index contributed by atoms with van der Waals surface area (Å²) in [6.07, 6.45) is 71.4. The van der Waals surface area contributed by atoms with Crippen LogP contribution < -0.4 is 0 Å². The lowest BCUT2D eigenvalue weighted by atomic mass is 10.0. The van der Waals surface area contributed by atoms with E-state index in [1.807, 2.05) is 0 Å². The van der Waals surface area contributed by atoms with Crippen molar-refractivity contribution in [1.29, 1.82) is 0 Å². The van der Waals surface area contributed by atoms with Gasteiger partial charge in [-0.3, -0.25) is 14.4 Å². The van der Waals surface area contributed by atoms with Crippen LogP contribution in [0.5, 0.6) is 0 Å². The van der Waals surface area contributed by atoms with Crippen LogP contribution in [0.3, 0.4) is 0 Å². The fraction of sp³-hybridized carbons (Fsp3) is 0.923. The number of carbonyl (C=O) groups is 3. The molecule has 6 nitrogen and oxygen atoms in total. The summed E-state index contributed by atoms with van der Waals surface area (Å²) in [6, 6.07) is 0. The van der Waals surface area contributed by atoms with Gasteiger partial charge in [0.1, 0.15) is 13.2 Å². The molecule has 0 saturated carbocycles. The van der Waals surface area contributed by atoms with Gasteiger partial charge in [-0.25, -0.2) is 0 Å². The second-order valence-electron chi connectivity index (χ2n) is 22.0. The predicted octanol–water partition coefficient (Wildman–Crippen LogP) is 21.7. The number of ether oxygens (including phenoxy) is 3. The smallest absolute Gasteiger partial charge is 0.306 e. The Labute approximate surface area is 443 Å². The van der Waals surface area contributed by atoms with E-state index >= 15 is 0 Å². The van der Waals surface area contributed by atoms with E-state index < -0.39 is 6.10 Å². The van der Waals surface area contributed by atoms with Crippen LogP contribution in [0.15, 0.2) is 12.2 Å². The van der Waals surface area contributed by atoms with Crippen molar-refractivity contribution in [2.24, 2.45) is 0 Å². The Hall–Kier alpha value is -1.85. The molecule has 0 aromatic carbocycles. The number of hydrogen-bond acceptors (Lipinski definition) is 6. The van der Waals surface area contributed by atoms with Gasteiger partial charge in [0.25, 0.3) is 0 Å². The highest BCUT2D eigenvalue weighted by atomic mass is 16.6. The van der Waals surface area contributed by atoms with Crippen LogP contribution in [-0.4, -0.2) is 37.2 Å². The van der Waals surface area contributed by atoms with Crippen LogP contribution >= 0.6 is 0 Å². The molecule has 1 unspecified atom stereocenters. The summed E-state index contributed by atoms with van der Waals surface area (Å²) in [6.45, 7) is 6.65. The molecule has 0 spiro atoms. The lowest BCUT2D eigenvalue weighted by molar-refractivity contribution is -0.167. The summed E-state index contributed by atoms with van der Waals surface area (Å²) in [5.74, 6) is -0.847. The van der Waals surface area contributed by atoms with Crippen molar-refractivity contribution in [3.8, 4) is 0 Å². The van der Waals surface area contributed by atoms with E-state index in [-0.39, 0.29) is 31.1 Å². The number of rotatable bonds is 60. The van der Waals surface area contributed by atoms with Gasteiger partial charge >= 0.3 is 17.9 Å². The molecule has 0 aromatic rings. The predicted molar refractivity (Wildman–Crippen MR) is 307 cm³/mol. The molecular formula is C65H124O6. The van der Waals surface area contributed by atoms with Crippen molar-refractivity contribution in [1.82, 2.24) is 0 Å². The van der Waals surface area contributed by atoms with Gasteiger partial charge in [-0.1, -0.05) is 315 Å². The summed E-state index contributed by atoms with van der Waals surface area (Å²) < 4.78 is 16.8. The molecule has 0 fully saturated rings. The molecule has 0 heterocycles. The molecule has 0 bridgehead atoms. The second kappa shape index (κ2) is 60.7. The first-order valence-electron chi connectivity index (χ1n) is 32.2. The number of esters is 3. The summed E-state index contributed by atoms with van der Waals surface area (Å²) in [4.78, 5) is 37.9. The van der Waals surface area contributed by atoms with Crippen molar-refractivity contribution in [2.75, 3.05) is 13.2 Å². The molecule has 0 saturated heterocycles. The molecule has 6 heteroatoms. The summed E-state index contributed by atoms with van der Waals surface area (Å²) >= 11 is 0. The maximum atomic E-state index is 12.7. The Bertz CT molecular complexity index is 1100. The van der Waals surface area contributed by atoms with Crippen molar-refractivity contribution >= 4 is 17.9 Å². The van der Waals surface area contributed by atoms with Gasteiger partial charge < -0.3 is 14.2 Å². The molecular weight excluding hydrogens is 877 g/mol. The Morgan fingerprint density at radius 2 is 0.465 bits per heavy atom. The molecule has 420 valence electrons. The van der Waals surface area contributed by atoms with Crippen LogP contribution in [0, 0.1) is 0 Å². The SMILES string of the molecule is CCCCCCCCCC/C=C\CCCCCCCCCCCCCCCCCCCCCCCCCC(=O)OCC(COC(=O)CCCCCCCCCC)OC(=O)CCCCCCCCCCCC. The van der Waals surface area contributed by atoms with Gasteiger partial charge in [0.05, 0.1) is 0 Å². The third-order valence-electron chi connectivity index (χ3n) is 14.8. The Kier molecular flexibility index (Phi) is 59.1. The van der Waals surface area contributed by atoms with E-state index in [0.29, 0.717) is 19.3 Å². The van der Waals surface area contributed by atoms with E-state index in [1.54, 1.807) is 0 Å². The van der Waals surface area contributed by atoms with Crippen LogP contribution in [0.2, 0.25) is 0 Å². The molecule has 0 amide bonds. The van der Waals surface area contributed by atoms with Crippen molar-refractivity contribution in [3.05, 3.63) is 12.2 Å². The van der Waals surface area contributed by atoms with E-state index in [9.17, 15) is 14.4 Å². The molecule has 0 aliphatic rings. The summed E-state index contributed by atoms with van der Waals surface area (Å²) in [5, 5.41) is 0. The minimum absolute atomic E-state index is 0.0633. The Balaban J connectivity index is 3.83. The fourth-order valence-electron chi connectivity index (χ4n) is 9.91. The zero-order valence-electron chi connectivity index (χ0n) is 48.3. The molecule has 1 atom stereocenters. The molecule has 0 N–H and O–H groups in total. The quantitative estimate of drug-likeness (QED) is 0.0261. The molecule has 0 radical (unpaired) electrons. The zero-order chi connectivity index (χ0) is 51.4. The maximum Gasteiger partial charge on any atom is 0.306 e. The van der Waals surface area contributed by atoms with Crippen molar-refractivity contribution in [2.45, 2.75) is 374 Å². The van der Waals surface area contributed by atoms with E-state index in [2.05, 4.69) is 32.9 Å². The topological polar surface area (TPSA) is 78.9 Å². The van der Waals surface area contributed by atoms with Crippen molar-refractivity contribution < 1.29 is 28.6 Å². The maximum absolute atomic E-state index is 12.7. The average molecular weight is 1000 g/mol. The van der Waals surface area contributed by atoms with Gasteiger partial charge in [-0.2, -0.15) is 0 Å². The number of allylic oxidation sites excluding steroid dienone is 2. The minimum atomic E-state index is -0.760. The first-order valence-corrected chi connectivity index (χ1v) is 32.2. The number of unbranched alkanes of at least 4 members (excludes halogenated alkanes) is 47. The lowest BCUT2D eigenvalue weighted by Crippen LogP contribution is -2.30. The first kappa shape index (κ1) is 69.2. The molecule has 0 aromatic heterocycles. The number of hydrogen-bond donors (Lipinski definition) is 0. The summed E-state index contributed by atoms with van der Waals surface area (Å²) in [7, 11) is 0. The van der Waals surface area contributed by atoms with Crippen molar-refractivity contribution in [3.63, 3.8) is 0 Å². The fourth-order valence-corrected chi connectivity index (χ4v) is 9.91. The number of carbonyl (C=O) groups excluding carboxylic acids is 3. The van der Waals surface area contributed by atoms with Gasteiger partial charge in [0.2, 0.25) is 0 Å². The third kappa shape index (κ3) is 58.9. The van der Waals surface area contributed by atoms with Gasteiger partial charge in [0, 0.05) is 19.3 Å². The first-order chi connectivity index (χ1) is 35.0. The van der Waals surface area contributed by atoms with Crippen LogP contribution in [-0.2, 0) is 28.6 Å². The van der Waals surface area contributed by atoms with Gasteiger partial charge in [-0.05, 0) is 44.9 Å².